The molecule has 0 saturated heterocycles. The average molecular weight is 285 g/mol. The summed E-state index contributed by atoms with van der Waals surface area (Å²) >= 11 is 0. The summed E-state index contributed by atoms with van der Waals surface area (Å²) in [7, 11) is 0. The number of hydrogen-bond donors (Lipinski definition) is 1. The zero-order chi connectivity index (χ0) is 14.8. The predicted molar refractivity (Wildman–Crippen MR) is 83.3 cm³/mol. The second-order valence-electron chi connectivity index (χ2n) is 5.70. The number of para-hydroxylation sites is 1. The topological polar surface area (TPSA) is 28.2 Å². The molecule has 1 aliphatic rings. The summed E-state index contributed by atoms with van der Waals surface area (Å²) in [5.41, 5.74) is 3.41. The quantitative estimate of drug-likeness (QED) is 0.933. The van der Waals surface area contributed by atoms with Gasteiger partial charge in [0.15, 0.2) is 0 Å². The molecular formula is C17H20FN3. The number of hydrogen-bond acceptors (Lipinski definition) is 3. The number of nitrogens with one attached hydrogen (secondary N) is 1. The standard InChI is InChI=1S/C17H20FN3/c1-12(2)19-10-14-9-15(18)11-20-17(14)21-8-7-13-5-3-4-6-16(13)21/h3-6,9,11-12,19H,7-8,10H2,1-2H3. The monoisotopic (exact) mass is 285 g/mol. The van der Waals surface area contributed by atoms with Gasteiger partial charge in [0.1, 0.15) is 11.6 Å². The molecule has 1 N–H and O–H groups in total. The molecule has 1 aromatic heterocycles. The number of fused-ring (bicyclic) bond motifs is 1. The van der Waals surface area contributed by atoms with E-state index in [4.69, 9.17) is 0 Å². The summed E-state index contributed by atoms with van der Waals surface area (Å²) in [6, 6.07) is 10.3. The fourth-order valence-electron chi connectivity index (χ4n) is 2.72. The summed E-state index contributed by atoms with van der Waals surface area (Å²) in [4.78, 5) is 6.53. The van der Waals surface area contributed by atoms with E-state index in [0.717, 1.165) is 24.3 Å². The lowest BCUT2D eigenvalue weighted by atomic mass is 10.2. The highest BCUT2D eigenvalue weighted by Crippen LogP contribution is 2.34. The third-order valence-electron chi connectivity index (χ3n) is 3.75. The summed E-state index contributed by atoms with van der Waals surface area (Å²) < 4.78 is 13.5. The zero-order valence-corrected chi connectivity index (χ0v) is 12.4. The molecule has 2 heterocycles. The molecular weight excluding hydrogens is 265 g/mol. The molecule has 21 heavy (non-hydrogen) atoms. The molecule has 0 unspecified atom stereocenters. The number of halogens is 1. The number of anilines is 2. The minimum absolute atomic E-state index is 0.285. The maximum atomic E-state index is 13.5. The van der Waals surface area contributed by atoms with Crippen LogP contribution in [0.1, 0.15) is 25.0 Å². The lowest BCUT2D eigenvalue weighted by Crippen LogP contribution is -2.24. The number of pyridine rings is 1. The van der Waals surface area contributed by atoms with Gasteiger partial charge in [-0.25, -0.2) is 9.37 Å². The van der Waals surface area contributed by atoms with E-state index in [2.05, 4.69) is 47.2 Å². The van der Waals surface area contributed by atoms with Gasteiger partial charge in [0.2, 0.25) is 0 Å². The highest BCUT2D eigenvalue weighted by Gasteiger charge is 2.23. The Bertz CT molecular complexity index is 640. The first kappa shape index (κ1) is 14.0. The van der Waals surface area contributed by atoms with Crippen molar-refractivity contribution in [1.82, 2.24) is 10.3 Å². The van der Waals surface area contributed by atoms with Crippen molar-refractivity contribution in [2.45, 2.75) is 32.9 Å². The molecule has 0 fully saturated rings. The number of benzene rings is 1. The maximum Gasteiger partial charge on any atom is 0.141 e. The molecule has 4 heteroatoms. The zero-order valence-electron chi connectivity index (χ0n) is 12.4. The number of aromatic nitrogens is 1. The minimum atomic E-state index is -0.285. The van der Waals surface area contributed by atoms with Gasteiger partial charge in [0, 0.05) is 30.4 Å². The molecule has 0 saturated carbocycles. The Balaban J connectivity index is 1.95. The average Bonchev–Trinajstić information content (AvgIpc) is 2.89. The van der Waals surface area contributed by atoms with Gasteiger partial charge in [-0.1, -0.05) is 32.0 Å². The molecule has 0 radical (unpaired) electrons. The van der Waals surface area contributed by atoms with E-state index in [1.807, 2.05) is 6.07 Å². The summed E-state index contributed by atoms with van der Waals surface area (Å²) in [5, 5.41) is 3.34. The van der Waals surface area contributed by atoms with E-state index >= 15 is 0 Å². The van der Waals surface area contributed by atoms with Crippen molar-refractivity contribution in [3.63, 3.8) is 0 Å². The Morgan fingerprint density at radius 1 is 1.33 bits per heavy atom. The summed E-state index contributed by atoms with van der Waals surface area (Å²) in [6.07, 6.45) is 2.31. The molecule has 1 aromatic carbocycles. The molecule has 110 valence electrons. The Hall–Kier alpha value is -1.94. The van der Waals surface area contributed by atoms with Crippen molar-refractivity contribution in [2.24, 2.45) is 0 Å². The third kappa shape index (κ3) is 2.90. The summed E-state index contributed by atoms with van der Waals surface area (Å²) in [5.74, 6) is 0.571. The molecule has 0 atom stereocenters. The first-order chi connectivity index (χ1) is 10.1. The lowest BCUT2D eigenvalue weighted by Gasteiger charge is -2.22. The van der Waals surface area contributed by atoms with Gasteiger partial charge in [-0.15, -0.1) is 0 Å². The van der Waals surface area contributed by atoms with Crippen molar-refractivity contribution in [1.29, 1.82) is 0 Å². The van der Waals surface area contributed by atoms with Crippen molar-refractivity contribution in [2.75, 3.05) is 11.4 Å². The van der Waals surface area contributed by atoms with Crippen LogP contribution in [0.25, 0.3) is 0 Å². The highest BCUT2D eigenvalue weighted by atomic mass is 19.1. The van der Waals surface area contributed by atoms with Crippen LogP contribution in [0.15, 0.2) is 36.5 Å². The van der Waals surface area contributed by atoms with Gasteiger partial charge in [0.25, 0.3) is 0 Å². The highest BCUT2D eigenvalue weighted by molar-refractivity contribution is 5.69. The van der Waals surface area contributed by atoms with Gasteiger partial charge >= 0.3 is 0 Å². The fourth-order valence-corrected chi connectivity index (χ4v) is 2.72. The molecule has 2 aromatic rings. The minimum Gasteiger partial charge on any atom is -0.326 e. The van der Waals surface area contributed by atoms with Gasteiger partial charge in [-0.2, -0.15) is 0 Å². The maximum absolute atomic E-state index is 13.5. The van der Waals surface area contributed by atoms with Gasteiger partial charge < -0.3 is 10.2 Å². The van der Waals surface area contributed by atoms with E-state index in [1.165, 1.54) is 17.4 Å². The van der Waals surface area contributed by atoms with Crippen molar-refractivity contribution in [3.05, 3.63) is 53.5 Å². The van der Waals surface area contributed by atoms with Gasteiger partial charge in [-0.05, 0) is 24.1 Å². The molecule has 3 nitrogen and oxygen atoms in total. The number of nitrogens with zero attached hydrogens (tertiary/aromatic N) is 2. The van der Waals surface area contributed by atoms with Crippen LogP contribution in [0.4, 0.5) is 15.9 Å². The van der Waals surface area contributed by atoms with E-state index in [0.29, 0.717) is 12.6 Å². The SMILES string of the molecule is CC(C)NCc1cc(F)cnc1N1CCc2ccccc21. The Morgan fingerprint density at radius 3 is 2.95 bits per heavy atom. The molecule has 0 amide bonds. The van der Waals surface area contributed by atoms with Crippen molar-refractivity contribution >= 4 is 11.5 Å². The third-order valence-corrected chi connectivity index (χ3v) is 3.75. The van der Waals surface area contributed by atoms with E-state index < -0.39 is 0 Å². The molecule has 3 rings (SSSR count). The Labute approximate surface area is 124 Å². The number of rotatable bonds is 4. The van der Waals surface area contributed by atoms with Crippen LogP contribution in [0.3, 0.4) is 0 Å². The van der Waals surface area contributed by atoms with Crippen LogP contribution < -0.4 is 10.2 Å². The van der Waals surface area contributed by atoms with Crippen molar-refractivity contribution < 1.29 is 4.39 Å². The first-order valence-electron chi connectivity index (χ1n) is 7.38. The smallest absolute Gasteiger partial charge is 0.141 e. The lowest BCUT2D eigenvalue weighted by molar-refractivity contribution is 0.578. The second-order valence-corrected chi connectivity index (χ2v) is 5.70. The van der Waals surface area contributed by atoms with Gasteiger partial charge in [0.05, 0.1) is 6.20 Å². The Morgan fingerprint density at radius 2 is 2.14 bits per heavy atom. The normalized spacial score (nSPS) is 13.8. The van der Waals surface area contributed by atoms with Crippen LogP contribution in [-0.4, -0.2) is 17.6 Å². The molecule has 0 aliphatic carbocycles. The molecule has 0 bridgehead atoms. The summed E-state index contributed by atoms with van der Waals surface area (Å²) in [6.45, 7) is 5.68. The van der Waals surface area contributed by atoms with Crippen LogP contribution >= 0.6 is 0 Å². The predicted octanol–water partition coefficient (Wildman–Crippen LogP) is 3.41. The first-order valence-corrected chi connectivity index (χ1v) is 7.38. The molecule has 1 aliphatic heterocycles. The van der Waals surface area contributed by atoms with Crippen LogP contribution in [0.2, 0.25) is 0 Å². The van der Waals surface area contributed by atoms with E-state index in [-0.39, 0.29) is 5.82 Å². The van der Waals surface area contributed by atoms with Gasteiger partial charge in [-0.3, -0.25) is 0 Å². The molecule has 0 spiro atoms. The van der Waals surface area contributed by atoms with Crippen LogP contribution in [0, 0.1) is 5.82 Å². The Kier molecular flexibility index (Phi) is 3.88. The van der Waals surface area contributed by atoms with E-state index in [9.17, 15) is 4.39 Å². The van der Waals surface area contributed by atoms with Crippen molar-refractivity contribution in [3.8, 4) is 0 Å². The largest absolute Gasteiger partial charge is 0.326 e. The fraction of sp³-hybridized carbons (Fsp3) is 0.353. The van der Waals surface area contributed by atoms with Crippen LogP contribution in [0.5, 0.6) is 0 Å². The van der Waals surface area contributed by atoms with Crippen LogP contribution in [-0.2, 0) is 13.0 Å². The van der Waals surface area contributed by atoms with E-state index in [1.54, 1.807) is 6.07 Å². The second kappa shape index (κ2) is 5.82.